The van der Waals surface area contributed by atoms with Gasteiger partial charge >= 0.3 is 18.0 Å². The van der Waals surface area contributed by atoms with E-state index in [9.17, 15) is 35.5 Å². The highest BCUT2D eigenvalue weighted by Gasteiger charge is 2.73. The molecule has 4 nitrogen and oxygen atoms in total. The Morgan fingerprint density at radius 2 is 1.47 bits per heavy atom. The molecule has 2 aromatic carbocycles. The first-order valence-electron chi connectivity index (χ1n) is 9.14. The van der Waals surface area contributed by atoms with Crippen molar-refractivity contribution in [2.75, 3.05) is 19.4 Å². The second-order valence-electron chi connectivity index (χ2n) is 7.35. The van der Waals surface area contributed by atoms with Crippen LogP contribution in [0.25, 0.3) is 0 Å². The lowest BCUT2D eigenvalue weighted by atomic mass is 9.90. The molecule has 0 spiro atoms. The molecule has 0 aliphatic rings. The summed E-state index contributed by atoms with van der Waals surface area (Å²) in [7, 11) is 3.50. The fourth-order valence-corrected chi connectivity index (χ4v) is 2.94. The molecule has 0 saturated heterocycles. The van der Waals surface area contributed by atoms with Gasteiger partial charge in [0.25, 0.3) is 5.91 Å². The number of carbonyl (C=O) groups excluding carboxylic acids is 1. The van der Waals surface area contributed by atoms with Crippen molar-refractivity contribution in [3.63, 3.8) is 0 Å². The smallest absolute Gasteiger partial charge is 0.369 e. The molecule has 0 bridgehead atoms. The van der Waals surface area contributed by atoms with Crippen LogP contribution >= 0.6 is 0 Å². The van der Waals surface area contributed by atoms with Gasteiger partial charge in [0.1, 0.15) is 0 Å². The molecule has 11 heteroatoms. The summed E-state index contributed by atoms with van der Waals surface area (Å²) < 4.78 is 92.7. The van der Waals surface area contributed by atoms with Gasteiger partial charge in [0.2, 0.25) is 0 Å². The van der Waals surface area contributed by atoms with Gasteiger partial charge in [0, 0.05) is 30.9 Å². The van der Waals surface area contributed by atoms with Gasteiger partial charge in [-0.3, -0.25) is 4.79 Å². The van der Waals surface area contributed by atoms with E-state index in [-0.39, 0.29) is 22.4 Å². The van der Waals surface area contributed by atoms with Gasteiger partial charge in [-0.05, 0) is 43.2 Å². The molecule has 0 unspecified atom stereocenters. The van der Waals surface area contributed by atoms with Crippen molar-refractivity contribution in [3.05, 3.63) is 58.7 Å². The topological polar surface area (TPSA) is 44.7 Å². The van der Waals surface area contributed by atoms with Crippen molar-refractivity contribution in [3.8, 4) is 0 Å². The number of carbonyl (C=O) groups is 1. The lowest BCUT2D eigenvalue weighted by molar-refractivity contribution is -0.348. The van der Waals surface area contributed by atoms with Crippen LogP contribution in [0.4, 0.5) is 42.1 Å². The lowest BCUT2D eigenvalue weighted by Crippen LogP contribution is -2.50. The average molecular weight is 463 g/mol. The number of alkyl halides is 7. The van der Waals surface area contributed by atoms with Gasteiger partial charge in [-0.1, -0.05) is 18.2 Å². The number of rotatable bonds is 5. The first-order chi connectivity index (χ1) is 14.6. The van der Waals surface area contributed by atoms with Gasteiger partial charge in [-0.2, -0.15) is 26.3 Å². The average Bonchev–Trinajstić information content (AvgIpc) is 2.66. The van der Waals surface area contributed by atoms with E-state index < -0.39 is 29.5 Å². The number of nitrogens with zero attached hydrogens (tertiary/aromatic N) is 2. The summed E-state index contributed by atoms with van der Waals surface area (Å²) in [6, 6.07) is 6.97. The van der Waals surface area contributed by atoms with Crippen LogP contribution in [-0.4, -0.2) is 43.6 Å². The van der Waals surface area contributed by atoms with E-state index in [2.05, 4.69) is 10.3 Å². The maximum atomic E-state index is 14.4. The highest BCUT2D eigenvalue weighted by Crippen LogP contribution is 2.53. The number of anilines is 1. The van der Waals surface area contributed by atoms with Crippen LogP contribution in [0, 0.1) is 13.8 Å². The Labute approximate surface area is 179 Å². The third-order valence-electron chi connectivity index (χ3n) is 4.50. The molecular formula is C21H20F7N3O. The molecule has 2 aromatic rings. The largest absolute Gasteiger partial charge is 0.435 e. The third-order valence-corrected chi connectivity index (χ3v) is 4.50. The van der Waals surface area contributed by atoms with E-state index in [0.717, 1.165) is 0 Å². The van der Waals surface area contributed by atoms with Crippen molar-refractivity contribution in [1.29, 1.82) is 0 Å². The molecule has 1 amide bonds. The number of aryl methyl sites for hydroxylation is 2. The molecule has 0 aliphatic heterocycles. The molecule has 174 valence electrons. The summed E-state index contributed by atoms with van der Waals surface area (Å²) >= 11 is 0. The van der Waals surface area contributed by atoms with Crippen LogP contribution in [0.2, 0.25) is 0 Å². The van der Waals surface area contributed by atoms with E-state index in [1.54, 1.807) is 31.1 Å². The molecule has 0 fully saturated rings. The fourth-order valence-electron chi connectivity index (χ4n) is 2.94. The normalized spacial score (nSPS) is 12.8. The number of hydrogen-bond donors (Lipinski definition) is 1. The van der Waals surface area contributed by atoms with Crippen molar-refractivity contribution < 1.29 is 35.5 Å². The van der Waals surface area contributed by atoms with Crippen molar-refractivity contribution in [2.24, 2.45) is 4.99 Å². The summed E-state index contributed by atoms with van der Waals surface area (Å²) in [6.45, 7) is 2.36. The zero-order valence-corrected chi connectivity index (χ0v) is 17.5. The highest BCUT2D eigenvalue weighted by molar-refractivity contribution is 6.05. The minimum absolute atomic E-state index is 0.0207. The fraction of sp³-hybridized carbons (Fsp3) is 0.333. The molecule has 0 heterocycles. The van der Waals surface area contributed by atoms with E-state index in [1.807, 2.05) is 0 Å². The summed E-state index contributed by atoms with van der Waals surface area (Å²) in [5, 5.41) is 2.46. The van der Waals surface area contributed by atoms with E-state index in [4.69, 9.17) is 0 Å². The quantitative estimate of drug-likeness (QED) is 0.333. The molecule has 32 heavy (non-hydrogen) atoms. The minimum atomic E-state index is -6.22. The maximum Gasteiger partial charge on any atom is 0.435 e. The Balaban J connectivity index is 2.42. The van der Waals surface area contributed by atoms with Gasteiger partial charge in [0.05, 0.1) is 12.0 Å². The number of nitrogens with one attached hydrogen (secondary N) is 1. The van der Waals surface area contributed by atoms with Crippen LogP contribution in [0.3, 0.4) is 0 Å². The Hall–Kier alpha value is -3.11. The summed E-state index contributed by atoms with van der Waals surface area (Å²) in [5.41, 5.74) is -6.88. The van der Waals surface area contributed by atoms with Crippen LogP contribution in [0.1, 0.15) is 27.0 Å². The zero-order valence-electron chi connectivity index (χ0n) is 17.5. The van der Waals surface area contributed by atoms with Gasteiger partial charge in [-0.25, -0.2) is 9.38 Å². The molecule has 1 N–H and O–H groups in total. The molecule has 0 atom stereocenters. The highest BCUT2D eigenvalue weighted by atomic mass is 19.4. The van der Waals surface area contributed by atoms with E-state index in [1.165, 1.54) is 32.3 Å². The number of halogens is 7. The first-order valence-corrected chi connectivity index (χ1v) is 9.14. The zero-order chi connectivity index (χ0) is 24.5. The molecule has 0 radical (unpaired) electrons. The second-order valence-corrected chi connectivity index (χ2v) is 7.35. The Bertz CT molecular complexity index is 990. The SMILES string of the molecule is Cc1cc(C(F)(C(F)(F)F)C(F)(F)F)cc(C)c1NC(=O)c1cccc(N=CN(C)C)c1. The second kappa shape index (κ2) is 8.79. The van der Waals surface area contributed by atoms with E-state index >= 15 is 0 Å². The van der Waals surface area contributed by atoms with Gasteiger partial charge in [-0.15, -0.1) is 0 Å². The molecule has 2 rings (SSSR count). The van der Waals surface area contributed by atoms with Crippen LogP contribution in [0.15, 0.2) is 41.4 Å². The lowest BCUT2D eigenvalue weighted by Gasteiger charge is -2.31. The number of hydrogen-bond acceptors (Lipinski definition) is 2. The molecular weight excluding hydrogens is 443 g/mol. The van der Waals surface area contributed by atoms with Crippen LogP contribution in [0.5, 0.6) is 0 Å². The summed E-state index contributed by atoms with van der Waals surface area (Å²) in [4.78, 5) is 18.4. The van der Waals surface area contributed by atoms with E-state index in [0.29, 0.717) is 17.8 Å². The monoisotopic (exact) mass is 463 g/mol. The third kappa shape index (κ3) is 5.03. The predicted octanol–water partition coefficient (Wildman–Crippen LogP) is 6.07. The number of amides is 1. The maximum absolute atomic E-state index is 14.4. The van der Waals surface area contributed by atoms with Crippen molar-refractivity contribution >= 4 is 23.6 Å². The molecule has 0 saturated carbocycles. The molecule has 0 aromatic heterocycles. The Kier molecular flexibility index (Phi) is 6.91. The Morgan fingerprint density at radius 3 is 1.94 bits per heavy atom. The van der Waals surface area contributed by atoms with Crippen molar-refractivity contribution in [1.82, 2.24) is 4.90 Å². The van der Waals surface area contributed by atoms with Gasteiger partial charge in [0.15, 0.2) is 0 Å². The Morgan fingerprint density at radius 1 is 0.938 bits per heavy atom. The number of aliphatic imine (C=N–C) groups is 1. The molecule has 0 aliphatic carbocycles. The number of benzene rings is 2. The van der Waals surface area contributed by atoms with Crippen LogP contribution in [-0.2, 0) is 5.67 Å². The summed E-state index contributed by atoms with van der Waals surface area (Å²) in [5.74, 6) is -0.663. The first kappa shape index (κ1) is 25.2. The summed E-state index contributed by atoms with van der Waals surface area (Å²) in [6.07, 6.45) is -10.9. The van der Waals surface area contributed by atoms with Gasteiger partial charge < -0.3 is 10.2 Å². The van der Waals surface area contributed by atoms with Crippen molar-refractivity contribution in [2.45, 2.75) is 31.9 Å². The minimum Gasteiger partial charge on any atom is -0.369 e. The van der Waals surface area contributed by atoms with Crippen LogP contribution < -0.4 is 5.32 Å². The standard InChI is InChI=1S/C21H20F7N3O/c1-12-8-15(19(22,20(23,24)25)21(26,27)28)9-13(2)17(12)30-18(32)14-6-5-7-16(10-14)29-11-31(3)4/h5-11H,1-4H3,(H,30,32). The predicted molar refractivity (Wildman–Crippen MR) is 107 cm³/mol.